The van der Waals surface area contributed by atoms with Crippen molar-refractivity contribution in [2.75, 3.05) is 5.32 Å². The lowest BCUT2D eigenvalue weighted by atomic mass is 9.94. The molecule has 0 atom stereocenters. The van der Waals surface area contributed by atoms with Crippen molar-refractivity contribution in [1.29, 1.82) is 10.5 Å². The van der Waals surface area contributed by atoms with E-state index in [-0.39, 0.29) is 23.1 Å². The third-order valence-electron chi connectivity index (χ3n) is 1.92. The van der Waals surface area contributed by atoms with E-state index in [4.69, 9.17) is 22.1 Å². The first-order valence-corrected chi connectivity index (χ1v) is 5.30. The zero-order chi connectivity index (χ0) is 13.1. The van der Waals surface area contributed by atoms with Crippen LogP contribution in [0.2, 0.25) is 5.28 Å². The summed E-state index contributed by atoms with van der Waals surface area (Å²) >= 11 is 5.73. The van der Waals surface area contributed by atoms with Crippen LogP contribution >= 0.6 is 11.6 Å². The Morgan fingerprint density at radius 3 is 2.29 bits per heavy atom. The lowest BCUT2D eigenvalue weighted by Gasteiger charge is -2.13. The molecule has 0 aliphatic heterocycles. The minimum absolute atomic E-state index is 0.0464. The third-order valence-corrected chi connectivity index (χ3v) is 2.09. The maximum atomic E-state index is 8.97. The van der Waals surface area contributed by atoms with E-state index in [2.05, 4.69) is 20.3 Å². The molecule has 0 unspecified atom stereocenters. The van der Waals surface area contributed by atoms with Crippen molar-refractivity contribution in [3.8, 4) is 12.1 Å². The first kappa shape index (κ1) is 13.1. The van der Waals surface area contributed by atoms with E-state index >= 15 is 0 Å². The summed E-state index contributed by atoms with van der Waals surface area (Å²) in [5.74, 6) is 0.303. The van der Waals surface area contributed by atoms with Gasteiger partial charge in [0.15, 0.2) is 11.2 Å². The van der Waals surface area contributed by atoms with Gasteiger partial charge in [-0.2, -0.15) is 25.5 Å². The Labute approximate surface area is 104 Å². The second-order valence-corrected chi connectivity index (χ2v) is 4.24. The largest absolute Gasteiger partial charge is 0.352 e. The van der Waals surface area contributed by atoms with Crippen LogP contribution in [0.1, 0.15) is 26.6 Å². The van der Waals surface area contributed by atoms with Gasteiger partial charge in [-0.1, -0.05) is 0 Å². The highest BCUT2D eigenvalue weighted by Gasteiger charge is 2.31. The van der Waals surface area contributed by atoms with Crippen LogP contribution in [0.4, 0.5) is 5.95 Å². The van der Waals surface area contributed by atoms with Crippen LogP contribution in [0, 0.1) is 22.7 Å². The van der Waals surface area contributed by atoms with E-state index in [1.807, 2.05) is 26.0 Å². The van der Waals surface area contributed by atoms with Gasteiger partial charge in [0.2, 0.25) is 11.2 Å². The van der Waals surface area contributed by atoms with Crippen LogP contribution in [0.25, 0.3) is 0 Å². The van der Waals surface area contributed by atoms with Gasteiger partial charge in [-0.05, 0) is 32.4 Å². The van der Waals surface area contributed by atoms with Gasteiger partial charge in [0, 0.05) is 6.04 Å². The molecule has 0 saturated heterocycles. The number of nitrogens with one attached hydrogen (secondary N) is 1. The summed E-state index contributed by atoms with van der Waals surface area (Å²) in [6.07, 6.45) is 0. The molecule has 0 aliphatic carbocycles. The second kappa shape index (κ2) is 4.94. The minimum Gasteiger partial charge on any atom is -0.352 e. The molecule has 0 bridgehead atoms. The van der Waals surface area contributed by atoms with Crippen LogP contribution < -0.4 is 5.32 Å². The van der Waals surface area contributed by atoms with Crippen molar-refractivity contribution in [3.05, 3.63) is 11.1 Å². The van der Waals surface area contributed by atoms with Crippen LogP contribution in [0.15, 0.2) is 0 Å². The van der Waals surface area contributed by atoms with Crippen molar-refractivity contribution >= 4 is 17.5 Å². The lowest BCUT2D eigenvalue weighted by molar-refractivity contribution is 0.702. The smallest absolute Gasteiger partial charge is 0.227 e. The van der Waals surface area contributed by atoms with Crippen molar-refractivity contribution in [3.63, 3.8) is 0 Å². The van der Waals surface area contributed by atoms with Gasteiger partial charge in [-0.3, -0.25) is 0 Å². The number of aromatic nitrogens is 3. The molecule has 0 aromatic carbocycles. The number of hydrogen-bond acceptors (Lipinski definition) is 6. The molecule has 1 heterocycles. The maximum absolute atomic E-state index is 8.97. The summed E-state index contributed by atoms with van der Waals surface area (Å²) in [4.78, 5) is 11.7. The van der Waals surface area contributed by atoms with E-state index in [1.54, 1.807) is 0 Å². The summed E-state index contributed by atoms with van der Waals surface area (Å²) in [6, 6.07) is 3.81. The summed E-state index contributed by atoms with van der Waals surface area (Å²) in [7, 11) is 0. The molecule has 0 fully saturated rings. The second-order valence-electron chi connectivity index (χ2n) is 3.90. The van der Waals surface area contributed by atoms with E-state index < -0.39 is 5.41 Å². The number of hydrogen-bond donors (Lipinski definition) is 1. The Bertz CT molecular complexity index is 484. The minimum atomic E-state index is -1.43. The molecule has 1 N–H and O–H groups in total. The quantitative estimate of drug-likeness (QED) is 0.876. The standard InChI is InChI=1S/C10H11ClN6/c1-6(2)14-9-16-7(15-8(11)17-9)10(3,4-12)5-13/h6H,1-3H3,(H,14,15,16,17). The van der Waals surface area contributed by atoms with Crippen molar-refractivity contribution in [2.24, 2.45) is 0 Å². The number of nitriles is 2. The van der Waals surface area contributed by atoms with Gasteiger partial charge < -0.3 is 5.32 Å². The SMILES string of the molecule is CC(C)Nc1nc(Cl)nc(C(C)(C#N)C#N)n1. The summed E-state index contributed by atoms with van der Waals surface area (Å²) in [6.45, 7) is 5.24. The Hall–Kier alpha value is -1.92. The zero-order valence-corrected chi connectivity index (χ0v) is 10.4. The summed E-state index contributed by atoms with van der Waals surface area (Å²) < 4.78 is 0. The van der Waals surface area contributed by atoms with E-state index in [1.165, 1.54) is 6.92 Å². The average molecular weight is 251 g/mol. The Balaban J connectivity index is 3.24. The molecular formula is C10H11ClN6. The van der Waals surface area contributed by atoms with Crippen molar-refractivity contribution in [2.45, 2.75) is 32.2 Å². The average Bonchev–Trinajstić information content (AvgIpc) is 2.26. The maximum Gasteiger partial charge on any atom is 0.227 e. The van der Waals surface area contributed by atoms with Gasteiger partial charge in [0.05, 0.1) is 12.1 Å². The molecule has 1 aromatic heterocycles. The first-order valence-electron chi connectivity index (χ1n) is 4.92. The normalized spacial score (nSPS) is 10.8. The zero-order valence-electron chi connectivity index (χ0n) is 9.69. The lowest BCUT2D eigenvalue weighted by Crippen LogP contribution is -2.23. The molecule has 6 nitrogen and oxygen atoms in total. The molecule has 1 aromatic rings. The summed E-state index contributed by atoms with van der Waals surface area (Å²) in [5.41, 5.74) is -1.43. The van der Waals surface area contributed by atoms with Crippen LogP contribution in [-0.4, -0.2) is 21.0 Å². The highest BCUT2D eigenvalue weighted by molar-refractivity contribution is 6.28. The van der Waals surface area contributed by atoms with Gasteiger partial charge in [0.1, 0.15) is 0 Å². The fourth-order valence-corrected chi connectivity index (χ4v) is 1.18. The van der Waals surface area contributed by atoms with Gasteiger partial charge in [0.25, 0.3) is 0 Å². The monoisotopic (exact) mass is 250 g/mol. The first-order chi connectivity index (χ1) is 7.91. The molecule has 0 saturated carbocycles. The highest BCUT2D eigenvalue weighted by atomic mass is 35.5. The molecule has 0 aliphatic rings. The Kier molecular flexibility index (Phi) is 3.82. The molecule has 88 valence electrons. The number of rotatable bonds is 3. The van der Waals surface area contributed by atoms with Gasteiger partial charge in [-0.15, -0.1) is 0 Å². The molecule has 0 radical (unpaired) electrons. The van der Waals surface area contributed by atoms with E-state index in [9.17, 15) is 0 Å². The van der Waals surface area contributed by atoms with Gasteiger partial charge in [-0.25, -0.2) is 0 Å². The summed E-state index contributed by atoms with van der Waals surface area (Å²) in [5, 5.41) is 20.8. The molecule has 1 rings (SSSR count). The topological polar surface area (TPSA) is 98.3 Å². The third kappa shape index (κ3) is 3.02. The molecule has 17 heavy (non-hydrogen) atoms. The predicted molar refractivity (Wildman–Crippen MR) is 62.2 cm³/mol. The van der Waals surface area contributed by atoms with E-state index in [0.717, 1.165) is 0 Å². The molecule has 0 amide bonds. The predicted octanol–water partition coefficient (Wildman–Crippen LogP) is 1.65. The number of nitrogens with zero attached hydrogens (tertiary/aromatic N) is 5. The Morgan fingerprint density at radius 1 is 1.24 bits per heavy atom. The fourth-order valence-electron chi connectivity index (χ4n) is 1.02. The van der Waals surface area contributed by atoms with Crippen LogP contribution in [-0.2, 0) is 5.41 Å². The van der Waals surface area contributed by atoms with E-state index in [0.29, 0.717) is 0 Å². The fraction of sp³-hybridized carbons (Fsp3) is 0.500. The van der Waals surface area contributed by atoms with Crippen molar-refractivity contribution in [1.82, 2.24) is 15.0 Å². The van der Waals surface area contributed by atoms with Crippen LogP contribution in [0.5, 0.6) is 0 Å². The molecular weight excluding hydrogens is 240 g/mol. The molecule has 0 spiro atoms. The highest BCUT2D eigenvalue weighted by Crippen LogP contribution is 2.20. The van der Waals surface area contributed by atoms with Crippen molar-refractivity contribution < 1.29 is 0 Å². The van der Waals surface area contributed by atoms with Gasteiger partial charge >= 0.3 is 0 Å². The number of anilines is 1. The number of halogens is 1. The molecule has 7 heteroatoms. The Morgan fingerprint density at radius 2 is 1.82 bits per heavy atom. The van der Waals surface area contributed by atoms with Crippen LogP contribution in [0.3, 0.4) is 0 Å².